The van der Waals surface area contributed by atoms with E-state index >= 15 is 0 Å². The zero-order valence-electron chi connectivity index (χ0n) is 21.1. The number of halogens is 3. The molecule has 0 aliphatic carbocycles. The summed E-state index contributed by atoms with van der Waals surface area (Å²) >= 11 is 0. The molecule has 0 bridgehead atoms. The van der Waals surface area contributed by atoms with Crippen molar-refractivity contribution < 1.29 is 13.2 Å². The fraction of sp³-hybridized carbons (Fsp3) is 0.370. The highest BCUT2D eigenvalue weighted by molar-refractivity contribution is 5.83. The number of nitrogens with one attached hydrogen (secondary N) is 2. The van der Waals surface area contributed by atoms with E-state index in [1.807, 2.05) is 19.9 Å². The fourth-order valence-corrected chi connectivity index (χ4v) is 4.66. The molecule has 1 aliphatic heterocycles. The molecule has 5 rings (SSSR count). The van der Waals surface area contributed by atoms with Crippen molar-refractivity contribution >= 4 is 22.4 Å². The molecular formula is C27H29F3N6O. The quantitative estimate of drug-likeness (QED) is 0.376. The molecule has 37 heavy (non-hydrogen) atoms. The van der Waals surface area contributed by atoms with E-state index < -0.39 is 11.6 Å². The highest BCUT2D eigenvalue weighted by atomic mass is 19.4. The number of fused-ring (bicyclic) bond motifs is 2. The molecule has 0 saturated heterocycles. The number of pyridine rings is 2. The first kappa shape index (κ1) is 25.0. The van der Waals surface area contributed by atoms with Gasteiger partial charge in [0.15, 0.2) is 0 Å². The number of benzene rings is 1. The van der Waals surface area contributed by atoms with Crippen LogP contribution in [0.1, 0.15) is 50.6 Å². The molecule has 0 fully saturated rings. The molecule has 0 saturated carbocycles. The summed E-state index contributed by atoms with van der Waals surface area (Å²) in [6.07, 6.45) is -0.647. The molecule has 3 aromatic heterocycles. The average molecular weight is 511 g/mol. The van der Waals surface area contributed by atoms with Crippen molar-refractivity contribution in [3.63, 3.8) is 0 Å². The van der Waals surface area contributed by atoms with Crippen LogP contribution in [0, 0.1) is 0 Å². The molecule has 2 N–H and O–H groups in total. The van der Waals surface area contributed by atoms with Crippen LogP contribution in [-0.4, -0.2) is 32.1 Å². The van der Waals surface area contributed by atoms with Crippen LogP contribution in [-0.2, 0) is 18.4 Å². The lowest BCUT2D eigenvalue weighted by atomic mass is 9.88. The molecular weight excluding hydrogens is 481 g/mol. The molecule has 0 atom stereocenters. The second-order valence-corrected chi connectivity index (χ2v) is 10.2. The third-order valence-corrected chi connectivity index (χ3v) is 6.96. The van der Waals surface area contributed by atoms with Crippen molar-refractivity contribution in [2.75, 3.05) is 11.9 Å². The number of hydrogen-bond acceptors (Lipinski definition) is 5. The van der Waals surface area contributed by atoms with Gasteiger partial charge < -0.3 is 10.6 Å². The van der Waals surface area contributed by atoms with Crippen LogP contribution in [0.25, 0.3) is 16.6 Å². The average Bonchev–Trinajstić information content (AvgIpc) is 3.15. The maximum Gasteiger partial charge on any atom is 0.399 e. The van der Waals surface area contributed by atoms with Gasteiger partial charge in [0, 0.05) is 36.7 Å². The van der Waals surface area contributed by atoms with Gasteiger partial charge in [0.1, 0.15) is 11.2 Å². The summed E-state index contributed by atoms with van der Waals surface area (Å²) in [5.74, 6) is 0.524. The van der Waals surface area contributed by atoms with Crippen LogP contribution in [0.5, 0.6) is 0 Å². The number of aromatic nitrogens is 4. The SMILES string of the molecule is CC(C)n1c(=O)c2cnc(Nc3ccc4c(c3)CNCC4)cc2n1-c1ccnc(C(C)(C)C(F)(F)F)c1. The smallest absolute Gasteiger partial charge is 0.340 e. The minimum atomic E-state index is -4.49. The Morgan fingerprint density at radius 3 is 2.57 bits per heavy atom. The normalized spacial score (nSPS) is 14.3. The van der Waals surface area contributed by atoms with Crippen LogP contribution < -0.4 is 16.2 Å². The van der Waals surface area contributed by atoms with E-state index in [0.29, 0.717) is 22.4 Å². The minimum absolute atomic E-state index is 0.128. The molecule has 7 nitrogen and oxygen atoms in total. The van der Waals surface area contributed by atoms with Gasteiger partial charge in [0.25, 0.3) is 5.56 Å². The van der Waals surface area contributed by atoms with Gasteiger partial charge in [0.2, 0.25) is 0 Å². The molecule has 0 radical (unpaired) electrons. The van der Waals surface area contributed by atoms with Gasteiger partial charge in [-0.15, -0.1) is 0 Å². The predicted octanol–water partition coefficient (Wildman–Crippen LogP) is 5.39. The summed E-state index contributed by atoms with van der Waals surface area (Å²) < 4.78 is 44.5. The van der Waals surface area contributed by atoms with Gasteiger partial charge in [-0.25, -0.2) is 14.3 Å². The van der Waals surface area contributed by atoms with Gasteiger partial charge in [-0.3, -0.25) is 9.78 Å². The van der Waals surface area contributed by atoms with Gasteiger partial charge >= 0.3 is 6.18 Å². The summed E-state index contributed by atoms with van der Waals surface area (Å²) in [6, 6.07) is 10.7. The Morgan fingerprint density at radius 2 is 1.84 bits per heavy atom. The third-order valence-electron chi connectivity index (χ3n) is 6.96. The lowest BCUT2D eigenvalue weighted by Gasteiger charge is -2.27. The summed E-state index contributed by atoms with van der Waals surface area (Å²) in [5, 5.41) is 7.06. The highest BCUT2D eigenvalue weighted by Crippen LogP contribution is 2.40. The van der Waals surface area contributed by atoms with Crippen LogP contribution in [0.4, 0.5) is 24.7 Å². The molecule has 1 aliphatic rings. The van der Waals surface area contributed by atoms with Crippen molar-refractivity contribution in [3.8, 4) is 5.69 Å². The van der Waals surface area contributed by atoms with Crippen LogP contribution in [0.2, 0.25) is 0 Å². The number of alkyl halides is 3. The fourth-order valence-electron chi connectivity index (χ4n) is 4.66. The van der Waals surface area contributed by atoms with Crippen LogP contribution >= 0.6 is 0 Å². The predicted molar refractivity (Wildman–Crippen MR) is 138 cm³/mol. The Balaban J connectivity index is 1.63. The van der Waals surface area contributed by atoms with E-state index in [2.05, 4.69) is 32.7 Å². The molecule has 4 heterocycles. The summed E-state index contributed by atoms with van der Waals surface area (Å²) in [6.45, 7) is 7.66. The van der Waals surface area contributed by atoms with Gasteiger partial charge in [-0.2, -0.15) is 13.2 Å². The first-order chi connectivity index (χ1) is 17.5. The van der Waals surface area contributed by atoms with E-state index in [0.717, 1.165) is 39.0 Å². The largest absolute Gasteiger partial charge is 0.399 e. The van der Waals surface area contributed by atoms with Crippen LogP contribution in [0.3, 0.4) is 0 Å². The second kappa shape index (κ2) is 9.02. The Hall–Kier alpha value is -3.66. The lowest BCUT2D eigenvalue weighted by molar-refractivity contribution is -0.181. The number of nitrogens with zero attached hydrogens (tertiary/aromatic N) is 4. The van der Waals surface area contributed by atoms with Gasteiger partial charge in [-0.1, -0.05) is 6.07 Å². The van der Waals surface area contributed by atoms with Crippen molar-refractivity contribution in [1.82, 2.24) is 24.6 Å². The van der Waals surface area contributed by atoms with E-state index in [-0.39, 0.29) is 17.3 Å². The Kier molecular flexibility index (Phi) is 6.10. The highest BCUT2D eigenvalue weighted by Gasteiger charge is 2.49. The van der Waals surface area contributed by atoms with Gasteiger partial charge in [0.05, 0.1) is 22.3 Å². The molecule has 10 heteroatoms. The van der Waals surface area contributed by atoms with Crippen molar-refractivity contribution in [2.24, 2.45) is 0 Å². The summed E-state index contributed by atoms with van der Waals surface area (Å²) in [4.78, 5) is 21.8. The summed E-state index contributed by atoms with van der Waals surface area (Å²) in [7, 11) is 0. The Bertz CT molecular complexity index is 1530. The molecule has 194 valence electrons. The van der Waals surface area contributed by atoms with Crippen LogP contribution in [0.15, 0.2) is 53.6 Å². The topological polar surface area (TPSA) is 76.8 Å². The second-order valence-electron chi connectivity index (χ2n) is 10.2. The first-order valence-corrected chi connectivity index (χ1v) is 12.2. The Morgan fingerprint density at radius 1 is 1.05 bits per heavy atom. The van der Waals surface area contributed by atoms with Crippen molar-refractivity contribution in [2.45, 2.75) is 58.3 Å². The maximum atomic E-state index is 13.8. The standard InChI is InChI=1S/C27H29F3N6O/c1-16(2)35-25(37)21-15-33-24(34-19-6-5-17-7-9-31-14-18(17)11-19)13-22(21)36(35)20-8-10-32-23(12-20)26(3,4)27(28,29)30/h5-6,8,10-13,15-16,31H,7,9,14H2,1-4H3,(H,33,34). The zero-order valence-corrected chi connectivity index (χ0v) is 21.1. The van der Waals surface area contributed by atoms with Crippen molar-refractivity contribution in [3.05, 3.63) is 76.0 Å². The van der Waals surface area contributed by atoms with E-state index in [1.165, 1.54) is 34.3 Å². The minimum Gasteiger partial charge on any atom is -0.340 e. The Labute approximate surface area is 212 Å². The molecule has 0 amide bonds. The molecule has 0 spiro atoms. The monoisotopic (exact) mass is 510 g/mol. The third kappa shape index (κ3) is 4.39. The first-order valence-electron chi connectivity index (χ1n) is 12.2. The van der Waals surface area contributed by atoms with E-state index in [4.69, 9.17) is 0 Å². The van der Waals surface area contributed by atoms with E-state index in [9.17, 15) is 18.0 Å². The number of anilines is 2. The molecule has 4 aromatic rings. The van der Waals surface area contributed by atoms with Gasteiger partial charge in [-0.05, 0) is 76.1 Å². The zero-order chi connectivity index (χ0) is 26.5. The number of rotatable bonds is 5. The molecule has 0 unspecified atom stereocenters. The number of hydrogen-bond donors (Lipinski definition) is 2. The summed E-state index contributed by atoms with van der Waals surface area (Å²) in [5.41, 5.74) is 1.80. The maximum absolute atomic E-state index is 13.8. The molecule has 1 aromatic carbocycles. The van der Waals surface area contributed by atoms with E-state index in [1.54, 1.807) is 16.8 Å². The van der Waals surface area contributed by atoms with Crippen molar-refractivity contribution in [1.29, 1.82) is 0 Å². The lowest BCUT2D eigenvalue weighted by Crippen LogP contribution is -2.37.